The quantitative estimate of drug-likeness (QED) is 0.836. The molecule has 1 saturated carbocycles. The van der Waals surface area contributed by atoms with Crippen LogP contribution in [0.4, 0.5) is 10.5 Å². The predicted molar refractivity (Wildman–Crippen MR) is 82.0 cm³/mol. The number of hydrogen-bond donors (Lipinski definition) is 2. The first kappa shape index (κ1) is 15.4. The number of methoxy groups -OCH3 is 1. The Morgan fingerprint density at radius 1 is 1.19 bits per heavy atom. The van der Waals surface area contributed by atoms with E-state index in [1.165, 1.54) is 20.5 Å². The molecule has 0 heterocycles. The van der Waals surface area contributed by atoms with E-state index in [-0.39, 0.29) is 17.9 Å². The van der Waals surface area contributed by atoms with Crippen molar-refractivity contribution in [3.05, 3.63) is 23.8 Å². The molecule has 5 nitrogen and oxygen atoms in total. The first-order chi connectivity index (χ1) is 10.1. The van der Waals surface area contributed by atoms with Gasteiger partial charge < -0.3 is 15.4 Å². The largest absolute Gasteiger partial charge is 0.495 e. The molecule has 1 fully saturated rings. The first-order valence-electron chi connectivity index (χ1n) is 7.36. The van der Waals surface area contributed by atoms with Gasteiger partial charge in [0.2, 0.25) is 0 Å². The number of amides is 2. The number of carbonyl (C=O) groups is 2. The molecule has 0 radical (unpaired) electrons. The van der Waals surface area contributed by atoms with E-state index in [1.54, 1.807) is 18.2 Å². The Balaban J connectivity index is 2.04. The van der Waals surface area contributed by atoms with Crippen molar-refractivity contribution in [1.29, 1.82) is 0 Å². The van der Waals surface area contributed by atoms with Gasteiger partial charge in [0.15, 0.2) is 5.78 Å². The van der Waals surface area contributed by atoms with Gasteiger partial charge in [-0.05, 0) is 38.0 Å². The number of hydrogen-bond acceptors (Lipinski definition) is 3. The highest BCUT2D eigenvalue weighted by Gasteiger charge is 2.17. The molecule has 1 aliphatic carbocycles. The standard InChI is InChI=1S/C16H22N2O3/c1-11(19)12-8-9-15(21-2)14(10-12)18-16(20)17-13-6-4-3-5-7-13/h8-10,13H,3-7H2,1-2H3,(H2,17,18,20). The maximum absolute atomic E-state index is 12.1. The van der Waals surface area contributed by atoms with Crippen LogP contribution in [0.25, 0.3) is 0 Å². The Morgan fingerprint density at radius 3 is 2.52 bits per heavy atom. The molecule has 0 aliphatic heterocycles. The molecule has 0 spiro atoms. The number of ketones is 1. The van der Waals surface area contributed by atoms with Crippen molar-refractivity contribution >= 4 is 17.5 Å². The molecule has 0 aromatic heterocycles. The molecular weight excluding hydrogens is 268 g/mol. The molecular formula is C16H22N2O3. The van der Waals surface area contributed by atoms with Gasteiger partial charge in [-0.15, -0.1) is 0 Å². The third-order valence-corrected chi connectivity index (χ3v) is 3.79. The van der Waals surface area contributed by atoms with Crippen molar-refractivity contribution < 1.29 is 14.3 Å². The molecule has 0 unspecified atom stereocenters. The average molecular weight is 290 g/mol. The Labute approximate surface area is 125 Å². The van der Waals surface area contributed by atoms with E-state index < -0.39 is 0 Å². The van der Waals surface area contributed by atoms with Crippen LogP contribution in [-0.4, -0.2) is 25.0 Å². The van der Waals surface area contributed by atoms with Gasteiger partial charge in [-0.3, -0.25) is 4.79 Å². The zero-order valence-electron chi connectivity index (χ0n) is 12.6. The summed E-state index contributed by atoms with van der Waals surface area (Å²) in [6, 6.07) is 5.00. The average Bonchev–Trinajstić information content (AvgIpc) is 2.48. The Bertz CT molecular complexity index is 522. The van der Waals surface area contributed by atoms with E-state index in [4.69, 9.17) is 4.74 Å². The van der Waals surface area contributed by atoms with Gasteiger partial charge in [-0.2, -0.15) is 0 Å². The van der Waals surface area contributed by atoms with Crippen LogP contribution in [0.15, 0.2) is 18.2 Å². The fraction of sp³-hybridized carbons (Fsp3) is 0.500. The van der Waals surface area contributed by atoms with E-state index >= 15 is 0 Å². The normalized spacial score (nSPS) is 15.3. The molecule has 21 heavy (non-hydrogen) atoms. The lowest BCUT2D eigenvalue weighted by Crippen LogP contribution is -2.39. The fourth-order valence-corrected chi connectivity index (χ4v) is 2.62. The Kier molecular flexibility index (Phi) is 5.20. The SMILES string of the molecule is COc1ccc(C(C)=O)cc1NC(=O)NC1CCCCC1. The second kappa shape index (κ2) is 7.11. The van der Waals surface area contributed by atoms with Gasteiger partial charge in [0.25, 0.3) is 0 Å². The number of benzene rings is 1. The van der Waals surface area contributed by atoms with Crippen LogP contribution in [0.2, 0.25) is 0 Å². The number of ether oxygens (including phenoxy) is 1. The van der Waals surface area contributed by atoms with Gasteiger partial charge in [0.05, 0.1) is 12.8 Å². The summed E-state index contributed by atoms with van der Waals surface area (Å²) in [5.41, 5.74) is 1.06. The minimum Gasteiger partial charge on any atom is -0.495 e. The number of anilines is 1. The Morgan fingerprint density at radius 2 is 1.90 bits per heavy atom. The van der Waals surface area contributed by atoms with Gasteiger partial charge in [-0.1, -0.05) is 19.3 Å². The topological polar surface area (TPSA) is 67.4 Å². The summed E-state index contributed by atoms with van der Waals surface area (Å²) in [7, 11) is 1.53. The van der Waals surface area contributed by atoms with E-state index in [2.05, 4.69) is 10.6 Å². The summed E-state index contributed by atoms with van der Waals surface area (Å²) in [6.07, 6.45) is 5.62. The highest BCUT2D eigenvalue weighted by Crippen LogP contribution is 2.26. The molecule has 1 aromatic rings. The van der Waals surface area contributed by atoms with Gasteiger partial charge >= 0.3 is 6.03 Å². The smallest absolute Gasteiger partial charge is 0.319 e. The lowest BCUT2D eigenvalue weighted by molar-refractivity contribution is 0.101. The lowest BCUT2D eigenvalue weighted by atomic mass is 9.96. The van der Waals surface area contributed by atoms with Gasteiger partial charge in [0, 0.05) is 11.6 Å². The maximum Gasteiger partial charge on any atom is 0.319 e. The summed E-state index contributed by atoms with van der Waals surface area (Å²) in [5, 5.41) is 5.75. The highest BCUT2D eigenvalue weighted by molar-refractivity contribution is 5.98. The van der Waals surface area contributed by atoms with Crippen LogP contribution >= 0.6 is 0 Å². The summed E-state index contributed by atoms with van der Waals surface area (Å²) in [4.78, 5) is 23.5. The van der Waals surface area contributed by atoms with Crippen molar-refractivity contribution in [2.45, 2.75) is 45.1 Å². The van der Waals surface area contributed by atoms with Crippen LogP contribution in [0.3, 0.4) is 0 Å². The maximum atomic E-state index is 12.1. The number of carbonyl (C=O) groups excluding carboxylic acids is 2. The fourth-order valence-electron chi connectivity index (χ4n) is 2.62. The van der Waals surface area contributed by atoms with Crippen molar-refractivity contribution in [2.75, 3.05) is 12.4 Å². The van der Waals surface area contributed by atoms with E-state index in [1.807, 2.05) is 0 Å². The van der Waals surface area contributed by atoms with Crippen LogP contribution in [0, 0.1) is 0 Å². The van der Waals surface area contributed by atoms with Crippen molar-refractivity contribution in [2.24, 2.45) is 0 Å². The van der Waals surface area contributed by atoms with Crippen molar-refractivity contribution in [3.8, 4) is 5.75 Å². The number of urea groups is 1. The zero-order chi connectivity index (χ0) is 15.2. The molecule has 2 rings (SSSR count). The van der Waals surface area contributed by atoms with E-state index in [9.17, 15) is 9.59 Å². The molecule has 1 aromatic carbocycles. The van der Waals surface area contributed by atoms with E-state index in [0.29, 0.717) is 17.0 Å². The summed E-state index contributed by atoms with van der Waals surface area (Å²) >= 11 is 0. The minimum absolute atomic E-state index is 0.0478. The lowest BCUT2D eigenvalue weighted by Gasteiger charge is -2.23. The third kappa shape index (κ3) is 4.21. The van der Waals surface area contributed by atoms with Crippen molar-refractivity contribution in [3.63, 3.8) is 0 Å². The highest BCUT2D eigenvalue weighted by atomic mass is 16.5. The molecule has 114 valence electrons. The van der Waals surface area contributed by atoms with Crippen LogP contribution in [0.1, 0.15) is 49.4 Å². The van der Waals surface area contributed by atoms with Gasteiger partial charge in [-0.25, -0.2) is 4.79 Å². The molecule has 2 amide bonds. The number of rotatable bonds is 4. The number of nitrogens with one attached hydrogen (secondary N) is 2. The van der Waals surface area contributed by atoms with Crippen molar-refractivity contribution in [1.82, 2.24) is 5.32 Å². The van der Waals surface area contributed by atoms with Gasteiger partial charge in [0.1, 0.15) is 5.75 Å². The van der Waals surface area contributed by atoms with E-state index in [0.717, 1.165) is 25.7 Å². The first-order valence-corrected chi connectivity index (χ1v) is 7.36. The molecule has 5 heteroatoms. The second-order valence-corrected chi connectivity index (χ2v) is 5.40. The third-order valence-electron chi connectivity index (χ3n) is 3.79. The molecule has 0 bridgehead atoms. The summed E-state index contributed by atoms with van der Waals surface area (Å²) < 4.78 is 5.22. The number of Topliss-reactive ketones (excluding diaryl/α,β-unsaturated/α-hetero) is 1. The van der Waals surface area contributed by atoms with Crippen LogP contribution < -0.4 is 15.4 Å². The van der Waals surface area contributed by atoms with Crippen LogP contribution in [-0.2, 0) is 0 Å². The summed E-state index contributed by atoms with van der Waals surface area (Å²) in [6.45, 7) is 1.49. The monoisotopic (exact) mass is 290 g/mol. The summed E-state index contributed by atoms with van der Waals surface area (Å²) in [5.74, 6) is 0.493. The molecule has 2 N–H and O–H groups in total. The molecule has 1 aliphatic rings. The Hall–Kier alpha value is -2.04. The zero-order valence-corrected chi connectivity index (χ0v) is 12.6. The van der Waals surface area contributed by atoms with Crippen LogP contribution in [0.5, 0.6) is 5.75 Å². The molecule has 0 atom stereocenters. The second-order valence-electron chi connectivity index (χ2n) is 5.40. The minimum atomic E-state index is -0.249. The predicted octanol–water partition coefficient (Wildman–Crippen LogP) is 3.35. The molecule has 0 saturated heterocycles.